The van der Waals surface area contributed by atoms with Gasteiger partial charge >= 0.3 is 5.97 Å². The molecule has 54 heavy (non-hydrogen) atoms. The Hall–Kier alpha value is -4.83. The van der Waals surface area contributed by atoms with Crippen LogP contribution in [-0.4, -0.2) is 66.1 Å². The van der Waals surface area contributed by atoms with Crippen LogP contribution in [0.5, 0.6) is 5.75 Å². The molecule has 0 radical (unpaired) electrons. The van der Waals surface area contributed by atoms with Crippen molar-refractivity contribution >= 4 is 29.4 Å². The van der Waals surface area contributed by atoms with Crippen molar-refractivity contribution in [2.75, 3.05) is 20.7 Å². The molecule has 1 aliphatic rings. The number of nitrogens with zero attached hydrogens (tertiary/aromatic N) is 1. The second-order valence-corrected chi connectivity index (χ2v) is 14.6. The van der Waals surface area contributed by atoms with E-state index in [1.807, 2.05) is 18.2 Å². The lowest BCUT2D eigenvalue weighted by Crippen LogP contribution is -2.44. The van der Waals surface area contributed by atoms with Gasteiger partial charge in [0.1, 0.15) is 17.8 Å². The van der Waals surface area contributed by atoms with Crippen LogP contribution in [0.3, 0.4) is 0 Å². The third kappa shape index (κ3) is 11.3. The van der Waals surface area contributed by atoms with E-state index in [0.29, 0.717) is 61.9 Å². The van der Waals surface area contributed by atoms with Crippen LogP contribution >= 0.6 is 0 Å². The number of hydrogen-bond donors (Lipinski definition) is 3. The van der Waals surface area contributed by atoms with Gasteiger partial charge in [0, 0.05) is 37.3 Å². The predicted molar refractivity (Wildman–Crippen MR) is 210 cm³/mol. The zero-order valence-electron chi connectivity index (χ0n) is 32.3. The molecule has 3 aromatic rings. The molecule has 4 rings (SSSR count). The number of ketones is 2. The molecule has 0 saturated carbocycles. The van der Waals surface area contributed by atoms with Gasteiger partial charge in [0.25, 0.3) is 0 Å². The van der Waals surface area contributed by atoms with E-state index in [1.165, 1.54) is 10.5 Å². The highest BCUT2D eigenvalue weighted by Gasteiger charge is 2.35. The molecule has 3 aromatic carbocycles. The Balaban J connectivity index is 1.61. The molecule has 0 aliphatic carbocycles. The largest absolute Gasteiger partial charge is 0.496 e. The van der Waals surface area contributed by atoms with Crippen molar-refractivity contribution in [2.45, 2.75) is 103 Å². The molecule has 10 heteroatoms. The number of methoxy groups -OCH3 is 1. The molecule has 2 bridgehead atoms. The summed E-state index contributed by atoms with van der Waals surface area (Å²) in [5.74, 6) is -3.46. The van der Waals surface area contributed by atoms with E-state index in [2.05, 4.69) is 36.5 Å². The van der Waals surface area contributed by atoms with E-state index in [9.17, 15) is 29.1 Å². The number of carbonyl (C=O) groups is 5. The number of rotatable bonds is 15. The third-order valence-electron chi connectivity index (χ3n) is 10.5. The second kappa shape index (κ2) is 20.6. The van der Waals surface area contributed by atoms with E-state index >= 15 is 0 Å². The van der Waals surface area contributed by atoms with Crippen LogP contribution < -0.4 is 15.8 Å². The summed E-state index contributed by atoms with van der Waals surface area (Å²) in [7, 11) is 3.14. The lowest BCUT2D eigenvalue weighted by atomic mass is 9.88. The van der Waals surface area contributed by atoms with Crippen molar-refractivity contribution in [3.63, 3.8) is 0 Å². The smallest absolute Gasteiger partial charge is 0.326 e. The summed E-state index contributed by atoms with van der Waals surface area (Å²) >= 11 is 0. The van der Waals surface area contributed by atoms with Crippen molar-refractivity contribution in [3.8, 4) is 16.9 Å². The Morgan fingerprint density at radius 1 is 0.963 bits per heavy atom. The predicted octanol–water partition coefficient (Wildman–Crippen LogP) is 7.11. The van der Waals surface area contributed by atoms with Crippen molar-refractivity contribution < 1.29 is 33.8 Å². The maximum Gasteiger partial charge on any atom is 0.326 e. The molecular weight excluding hydrogens is 682 g/mol. The fourth-order valence-electron chi connectivity index (χ4n) is 7.23. The molecule has 10 nitrogen and oxygen atoms in total. The van der Waals surface area contributed by atoms with Gasteiger partial charge in [0.2, 0.25) is 11.8 Å². The molecule has 0 saturated heterocycles. The fraction of sp³-hybridized carbons (Fsp3) is 0.477. The van der Waals surface area contributed by atoms with E-state index in [4.69, 9.17) is 10.5 Å². The lowest BCUT2D eigenvalue weighted by molar-refractivity contribution is -0.144. The average molecular weight is 740 g/mol. The van der Waals surface area contributed by atoms with Crippen LogP contribution in [0.15, 0.2) is 66.7 Å². The number of unbranched alkanes of at least 4 members (excludes halogenated alkanes) is 2. The first-order valence-corrected chi connectivity index (χ1v) is 19.4. The first kappa shape index (κ1) is 41.9. The van der Waals surface area contributed by atoms with Gasteiger partial charge in [-0.15, -0.1) is 0 Å². The molecule has 290 valence electrons. The minimum absolute atomic E-state index is 0.0383. The molecule has 4 N–H and O–H groups in total. The highest BCUT2D eigenvalue weighted by atomic mass is 16.5. The molecule has 0 unspecified atom stereocenters. The van der Waals surface area contributed by atoms with Crippen molar-refractivity contribution in [1.82, 2.24) is 10.2 Å². The van der Waals surface area contributed by atoms with Crippen LogP contribution in [-0.2, 0) is 32.0 Å². The van der Waals surface area contributed by atoms with Crippen LogP contribution in [0.2, 0.25) is 0 Å². The normalized spacial score (nSPS) is 18.6. The zero-order valence-corrected chi connectivity index (χ0v) is 32.3. The van der Waals surface area contributed by atoms with Gasteiger partial charge in [-0.3, -0.25) is 19.2 Å². The average Bonchev–Trinajstić information content (AvgIpc) is 3.17. The van der Waals surface area contributed by atoms with Crippen molar-refractivity contribution in [3.05, 3.63) is 89.0 Å². The maximum atomic E-state index is 14.5. The summed E-state index contributed by atoms with van der Waals surface area (Å²) in [5, 5.41) is 12.3. The van der Waals surface area contributed by atoms with E-state index < -0.39 is 35.8 Å². The number of amides is 2. The number of carboxylic acid groups (broad SMARTS) is 1. The maximum absolute atomic E-state index is 14.5. The number of hydrogen-bond acceptors (Lipinski definition) is 7. The lowest BCUT2D eigenvalue weighted by Gasteiger charge is -2.32. The number of nitrogens with one attached hydrogen (secondary N) is 1. The minimum atomic E-state index is -1.13. The molecule has 0 spiro atoms. The summed E-state index contributed by atoms with van der Waals surface area (Å²) in [6, 6.07) is 19.2. The summed E-state index contributed by atoms with van der Waals surface area (Å²) in [4.78, 5) is 68.9. The van der Waals surface area contributed by atoms with Gasteiger partial charge in [-0.25, -0.2) is 4.79 Å². The Morgan fingerprint density at radius 2 is 1.65 bits per heavy atom. The summed E-state index contributed by atoms with van der Waals surface area (Å²) in [6.45, 7) is 4.21. The molecule has 0 aromatic heterocycles. The second-order valence-electron chi connectivity index (χ2n) is 14.6. The molecule has 0 fully saturated rings. The van der Waals surface area contributed by atoms with Gasteiger partial charge in [-0.05, 0) is 91.4 Å². The summed E-state index contributed by atoms with van der Waals surface area (Å²) in [6.07, 6.45) is 6.79. The van der Waals surface area contributed by atoms with Gasteiger partial charge < -0.3 is 25.8 Å². The number of carbonyl (C=O) groups excluding carboxylic acids is 4. The minimum Gasteiger partial charge on any atom is -0.496 e. The Bertz CT molecular complexity index is 1740. The zero-order chi connectivity index (χ0) is 39.2. The van der Waals surface area contributed by atoms with E-state index in [-0.39, 0.29) is 36.7 Å². The number of Topliss-reactive ketones (excluding diaryl/α,β-unsaturated/α-hetero) is 2. The van der Waals surface area contributed by atoms with E-state index in [1.54, 1.807) is 45.3 Å². The van der Waals surface area contributed by atoms with Crippen LogP contribution in [0.25, 0.3) is 11.1 Å². The summed E-state index contributed by atoms with van der Waals surface area (Å²) in [5.41, 5.74) is 11.1. The Labute approximate surface area is 319 Å². The number of nitrogens with two attached hydrogens (primary N) is 1. The van der Waals surface area contributed by atoms with Crippen LogP contribution in [0.4, 0.5) is 0 Å². The number of benzene rings is 3. The quantitative estimate of drug-likeness (QED) is 0.110. The van der Waals surface area contributed by atoms with Crippen molar-refractivity contribution in [1.29, 1.82) is 0 Å². The molecule has 2 amide bonds. The van der Waals surface area contributed by atoms with Gasteiger partial charge in [0.15, 0.2) is 11.6 Å². The van der Waals surface area contributed by atoms with Crippen LogP contribution in [0, 0.1) is 11.8 Å². The Kier molecular flexibility index (Phi) is 16.0. The Morgan fingerprint density at radius 3 is 2.28 bits per heavy atom. The number of aryl methyl sites for hydroxylation is 2. The fourth-order valence-corrected chi connectivity index (χ4v) is 7.23. The van der Waals surface area contributed by atoms with Crippen LogP contribution in [0.1, 0.15) is 111 Å². The topological polar surface area (TPSA) is 156 Å². The number of aliphatic carboxylic acids is 1. The van der Waals surface area contributed by atoms with Gasteiger partial charge in [0.05, 0.1) is 7.11 Å². The molecule has 1 heterocycles. The first-order chi connectivity index (χ1) is 26.0. The number of carboxylic acids is 1. The summed E-state index contributed by atoms with van der Waals surface area (Å²) < 4.78 is 5.62. The molecule has 4 atom stereocenters. The van der Waals surface area contributed by atoms with E-state index in [0.717, 1.165) is 36.0 Å². The van der Waals surface area contributed by atoms with Gasteiger partial charge in [-0.2, -0.15) is 0 Å². The monoisotopic (exact) mass is 739 g/mol. The number of likely N-dealkylation sites (N-methyl/N-ethyl adjacent to an activating group) is 1. The van der Waals surface area contributed by atoms with Crippen molar-refractivity contribution in [2.24, 2.45) is 17.6 Å². The number of fused-ring (bicyclic) bond motifs is 2. The molecule has 1 aliphatic heterocycles. The SMILES string of the molecule is CCCCc1ccc(-c2ccc(C(=O)C[C@@H](CCCCN)C(=O)N(C)[C@@H]3C(=O)C[C@@H](C)C(=O)N[C@H](C(=O)O)CCCCc4cc3ccc4OC)cc2)cc1. The standard InChI is InChI=1S/C44H57N3O7/c1-5-6-11-30-15-17-31(18-16-30)32-19-21-33(22-20-32)38(48)28-36(13-9-10-25-45)43(51)47(3)41-35-23-24-40(54-4)34(27-35)12-7-8-14-37(44(52)53)46-42(50)29(2)26-39(41)49/h15-24,27,29,36-37,41H,5-14,25-26,28,45H2,1-4H3,(H,46,50)(H,52,53)/t29-,36-,37+,41+/m1/s1. The third-order valence-corrected chi connectivity index (χ3v) is 10.5. The highest BCUT2D eigenvalue weighted by Crippen LogP contribution is 2.32. The molecular formula is C44H57N3O7. The number of ether oxygens (including phenoxy) is 1. The van der Waals surface area contributed by atoms with Gasteiger partial charge in [-0.1, -0.05) is 87.7 Å². The first-order valence-electron chi connectivity index (χ1n) is 19.4. The highest BCUT2D eigenvalue weighted by molar-refractivity contribution is 6.00.